The van der Waals surface area contributed by atoms with Gasteiger partial charge in [0.05, 0.1) is 19.1 Å². The van der Waals surface area contributed by atoms with Gasteiger partial charge in [-0.2, -0.15) is 0 Å². The van der Waals surface area contributed by atoms with Gasteiger partial charge in [0.1, 0.15) is 0 Å². The van der Waals surface area contributed by atoms with E-state index in [1.165, 1.54) is 7.11 Å². The Morgan fingerprint density at radius 3 is 2.71 bits per heavy atom. The number of amides is 1. The van der Waals surface area contributed by atoms with Crippen LogP contribution in [0.5, 0.6) is 0 Å². The molecule has 0 spiro atoms. The molecule has 1 N–H and O–H groups in total. The molecule has 1 aromatic rings. The van der Waals surface area contributed by atoms with Crippen LogP contribution in [0.2, 0.25) is 0 Å². The summed E-state index contributed by atoms with van der Waals surface area (Å²) in [6.07, 6.45) is 0.918. The Bertz CT molecular complexity index is 416. The first-order chi connectivity index (χ1) is 8.22. The van der Waals surface area contributed by atoms with E-state index < -0.39 is 0 Å². The molecule has 4 nitrogen and oxygen atoms in total. The van der Waals surface area contributed by atoms with Crippen molar-refractivity contribution in [1.29, 1.82) is 0 Å². The summed E-state index contributed by atoms with van der Waals surface area (Å²) in [5.74, 6) is -0.571. The van der Waals surface area contributed by atoms with Gasteiger partial charge in [0.2, 0.25) is 5.91 Å². The fourth-order valence-corrected chi connectivity index (χ4v) is 2.18. The van der Waals surface area contributed by atoms with Gasteiger partial charge in [0, 0.05) is 6.42 Å². The summed E-state index contributed by atoms with van der Waals surface area (Å²) >= 11 is 0. The molecule has 0 aromatic heterocycles. The fraction of sp³-hybridized carbons (Fsp3) is 0.385. The van der Waals surface area contributed by atoms with Crippen LogP contribution < -0.4 is 5.32 Å². The van der Waals surface area contributed by atoms with Crippen LogP contribution in [0.25, 0.3) is 0 Å². The first-order valence-electron chi connectivity index (χ1n) is 5.64. The second kappa shape index (κ2) is 4.99. The van der Waals surface area contributed by atoms with E-state index in [4.69, 9.17) is 4.74 Å². The number of esters is 1. The normalized spacial score (nSPS) is 23.9. The third-order valence-corrected chi connectivity index (χ3v) is 3.06. The molecule has 90 valence electrons. The van der Waals surface area contributed by atoms with Crippen molar-refractivity contribution in [1.82, 2.24) is 5.32 Å². The molecule has 1 saturated heterocycles. The Morgan fingerprint density at radius 2 is 2.06 bits per heavy atom. The van der Waals surface area contributed by atoms with Crippen molar-refractivity contribution in [2.75, 3.05) is 7.11 Å². The highest BCUT2D eigenvalue weighted by Crippen LogP contribution is 2.30. The summed E-state index contributed by atoms with van der Waals surface area (Å²) < 4.78 is 4.79. The lowest BCUT2D eigenvalue weighted by Crippen LogP contribution is -2.42. The molecular weight excluding hydrogens is 218 g/mol. The highest BCUT2D eigenvalue weighted by atomic mass is 16.5. The minimum atomic E-state index is -0.292. The number of nitrogens with one attached hydrogen (secondary N) is 1. The van der Waals surface area contributed by atoms with Gasteiger partial charge in [-0.1, -0.05) is 30.3 Å². The van der Waals surface area contributed by atoms with E-state index in [0.717, 1.165) is 5.56 Å². The van der Waals surface area contributed by atoms with Crippen LogP contribution >= 0.6 is 0 Å². The Kier molecular flexibility index (Phi) is 3.42. The van der Waals surface area contributed by atoms with Crippen molar-refractivity contribution in [3.8, 4) is 0 Å². The Morgan fingerprint density at radius 1 is 1.35 bits per heavy atom. The first kappa shape index (κ1) is 11.6. The number of hydrogen-bond acceptors (Lipinski definition) is 3. The molecule has 0 bridgehead atoms. The van der Waals surface area contributed by atoms with E-state index in [9.17, 15) is 9.59 Å². The van der Waals surface area contributed by atoms with E-state index in [0.29, 0.717) is 12.8 Å². The minimum absolute atomic E-state index is 0.0148. The summed E-state index contributed by atoms with van der Waals surface area (Å²) in [4.78, 5) is 23.1. The number of benzene rings is 1. The lowest BCUT2D eigenvalue weighted by atomic mass is 9.86. The number of ether oxygens (including phenoxy) is 1. The average molecular weight is 233 g/mol. The van der Waals surface area contributed by atoms with Crippen LogP contribution in [0.1, 0.15) is 24.4 Å². The molecule has 2 atom stereocenters. The van der Waals surface area contributed by atoms with E-state index in [1.807, 2.05) is 30.3 Å². The van der Waals surface area contributed by atoms with Gasteiger partial charge in [0.15, 0.2) is 0 Å². The minimum Gasteiger partial charge on any atom is -0.469 e. The monoisotopic (exact) mass is 233 g/mol. The number of carbonyl (C=O) groups excluding carboxylic acids is 2. The molecule has 0 unspecified atom stereocenters. The standard InChI is InChI=1S/C13H15NO3/c1-17-13(16)10-7-8-11(15)14-12(10)9-5-3-2-4-6-9/h2-6,10,12H,7-8H2,1H3,(H,14,15)/t10-,12+/m0/s1. The van der Waals surface area contributed by atoms with Crippen molar-refractivity contribution >= 4 is 11.9 Å². The molecule has 0 radical (unpaired) electrons. The highest BCUT2D eigenvalue weighted by molar-refractivity contribution is 5.82. The van der Waals surface area contributed by atoms with Crippen molar-refractivity contribution < 1.29 is 14.3 Å². The predicted octanol–water partition coefficient (Wildman–Crippen LogP) is 1.43. The van der Waals surface area contributed by atoms with Crippen LogP contribution in [0.4, 0.5) is 0 Å². The molecular formula is C13H15NO3. The van der Waals surface area contributed by atoms with E-state index in [2.05, 4.69) is 5.32 Å². The Balaban J connectivity index is 2.26. The Labute approximate surface area is 100.0 Å². The maximum atomic E-state index is 11.7. The van der Waals surface area contributed by atoms with Crippen LogP contribution in [-0.4, -0.2) is 19.0 Å². The summed E-state index contributed by atoms with van der Waals surface area (Å²) in [6, 6.07) is 9.24. The quantitative estimate of drug-likeness (QED) is 0.786. The number of rotatable bonds is 2. The van der Waals surface area contributed by atoms with Crippen LogP contribution in [0, 0.1) is 5.92 Å². The van der Waals surface area contributed by atoms with Crippen LogP contribution in [0.15, 0.2) is 30.3 Å². The lowest BCUT2D eigenvalue weighted by Gasteiger charge is -2.30. The summed E-state index contributed by atoms with van der Waals surface area (Å²) in [7, 11) is 1.38. The molecule has 17 heavy (non-hydrogen) atoms. The van der Waals surface area contributed by atoms with E-state index >= 15 is 0 Å². The predicted molar refractivity (Wildman–Crippen MR) is 62.1 cm³/mol. The second-order valence-corrected chi connectivity index (χ2v) is 4.12. The molecule has 1 amide bonds. The fourth-order valence-electron chi connectivity index (χ4n) is 2.18. The second-order valence-electron chi connectivity index (χ2n) is 4.12. The Hall–Kier alpha value is -1.84. The summed E-state index contributed by atoms with van der Waals surface area (Å²) in [5, 5.41) is 2.86. The smallest absolute Gasteiger partial charge is 0.311 e. The molecule has 0 aliphatic carbocycles. The van der Waals surface area contributed by atoms with Crippen molar-refractivity contribution in [3.63, 3.8) is 0 Å². The number of methoxy groups -OCH3 is 1. The number of carbonyl (C=O) groups is 2. The topological polar surface area (TPSA) is 55.4 Å². The number of hydrogen-bond donors (Lipinski definition) is 1. The van der Waals surface area contributed by atoms with Crippen molar-refractivity contribution in [2.24, 2.45) is 5.92 Å². The van der Waals surface area contributed by atoms with Gasteiger partial charge >= 0.3 is 5.97 Å². The molecule has 2 rings (SSSR count). The van der Waals surface area contributed by atoms with Gasteiger partial charge in [-0.25, -0.2) is 0 Å². The summed E-state index contributed by atoms with van der Waals surface area (Å²) in [5.41, 5.74) is 0.941. The molecule has 1 aromatic carbocycles. The lowest BCUT2D eigenvalue weighted by molar-refractivity contribution is -0.148. The first-order valence-corrected chi connectivity index (χ1v) is 5.64. The molecule has 1 fully saturated rings. The van der Waals surface area contributed by atoms with Gasteiger partial charge < -0.3 is 10.1 Å². The van der Waals surface area contributed by atoms with Crippen LogP contribution in [-0.2, 0) is 14.3 Å². The van der Waals surface area contributed by atoms with E-state index in [1.54, 1.807) is 0 Å². The summed E-state index contributed by atoms with van der Waals surface area (Å²) in [6.45, 7) is 0. The van der Waals surface area contributed by atoms with Gasteiger partial charge in [-0.15, -0.1) is 0 Å². The SMILES string of the molecule is COC(=O)[C@H]1CCC(=O)N[C@@H]1c1ccccc1. The zero-order valence-corrected chi connectivity index (χ0v) is 9.68. The molecule has 1 aliphatic rings. The third-order valence-electron chi connectivity index (χ3n) is 3.06. The molecule has 4 heteroatoms. The van der Waals surface area contributed by atoms with Crippen molar-refractivity contribution in [3.05, 3.63) is 35.9 Å². The maximum Gasteiger partial charge on any atom is 0.311 e. The van der Waals surface area contributed by atoms with Gasteiger partial charge in [0.25, 0.3) is 0 Å². The zero-order chi connectivity index (χ0) is 12.3. The third kappa shape index (κ3) is 2.46. The number of piperidine rings is 1. The largest absolute Gasteiger partial charge is 0.469 e. The highest BCUT2D eigenvalue weighted by Gasteiger charge is 2.35. The molecule has 1 heterocycles. The maximum absolute atomic E-state index is 11.7. The molecule has 0 saturated carbocycles. The zero-order valence-electron chi connectivity index (χ0n) is 9.68. The molecule has 1 aliphatic heterocycles. The van der Waals surface area contributed by atoms with Gasteiger partial charge in [-0.3, -0.25) is 9.59 Å². The van der Waals surface area contributed by atoms with Crippen LogP contribution in [0.3, 0.4) is 0 Å². The van der Waals surface area contributed by atoms with Gasteiger partial charge in [-0.05, 0) is 12.0 Å². The van der Waals surface area contributed by atoms with E-state index in [-0.39, 0.29) is 23.8 Å². The van der Waals surface area contributed by atoms with Crippen molar-refractivity contribution in [2.45, 2.75) is 18.9 Å². The average Bonchev–Trinajstić information content (AvgIpc) is 2.39.